The van der Waals surface area contributed by atoms with Gasteiger partial charge in [0.2, 0.25) is 0 Å². The Morgan fingerprint density at radius 2 is 1.68 bits per heavy atom. The Kier molecular flexibility index (Phi) is 10.5. The van der Waals surface area contributed by atoms with E-state index in [1.165, 1.54) is 24.3 Å². The molecule has 0 aliphatic heterocycles. The van der Waals surface area contributed by atoms with E-state index >= 15 is 0 Å². The number of anilines is 1. The number of nitriles is 2. The number of amides is 2. The lowest BCUT2D eigenvalue weighted by Gasteiger charge is -2.40. The first-order valence-electron chi connectivity index (χ1n) is 12.5. The minimum atomic E-state index is -2.26. The van der Waals surface area contributed by atoms with E-state index in [4.69, 9.17) is 21.3 Å². The molecule has 0 saturated heterocycles. The van der Waals surface area contributed by atoms with Crippen molar-refractivity contribution < 1.29 is 14.0 Å². The number of hydrogen-bond donors (Lipinski definition) is 3. The molecule has 0 aromatic heterocycles. The van der Waals surface area contributed by atoms with Crippen LogP contribution in [0.4, 0.5) is 5.69 Å². The molecule has 10 heteroatoms. The molecule has 202 valence electrons. The van der Waals surface area contributed by atoms with Crippen molar-refractivity contribution in [1.29, 1.82) is 10.5 Å². The monoisotopic (exact) mass is 553 g/mol. The van der Waals surface area contributed by atoms with Gasteiger partial charge in [-0.1, -0.05) is 45.7 Å². The highest BCUT2D eigenvalue weighted by atomic mass is 35.5. The normalized spacial score (nSPS) is 13.0. The molecule has 0 spiro atoms. The summed E-state index contributed by atoms with van der Waals surface area (Å²) in [6.07, 6.45) is 0.834. The summed E-state index contributed by atoms with van der Waals surface area (Å²) in [5.41, 5.74) is 7.41. The zero-order valence-electron chi connectivity index (χ0n) is 23.0. The predicted octanol–water partition coefficient (Wildman–Crippen LogP) is 5.69. The van der Waals surface area contributed by atoms with E-state index in [0.29, 0.717) is 33.8 Å². The first-order valence-corrected chi connectivity index (χ1v) is 15.8. The molecule has 8 nitrogen and oxygen atoms in total. The highest BCUT2D eigenvalue weighted by Crippen LogP contribution is 2.38. The van der Waals surface area contributed by atoms with E-state index in [0.717, 1.165) is 12.0 Å². The Hall–Kier alpha value is -3.37. The Bertz CT molecular complexity index is 1240. The molecule has 2 amide bonds. The van der Waals surface area contributed by atoms with Crippen molar-refractivity contribution in [2.75, 3.05) is 5.32 Å². The van der Waals surface area contributed by atoms with Gasteiger partial charge in [-0.3, -0.25) is 20.4 Å². The van der Waals surface area contributed by atoms with Gasteiger partial charge in [0.1, 0.15) is 12.1 Å². The highest BCUT2D eigenvalue weighted by molar-refractivity contribution is 6.74. The van der Waals surface area contributed by atoms with Crippen LogP contribution in [-0.2, 0) is 15.6 Å². The van der Waals surface area contributed by atoms with Crippen LogP contribution in [0.1, 0.15) is 68.1 Å². The maximum Gasteiger partial charge on any atom is 0.269 e. The molecular weight excluding hydrogens is 518 g/mol. The van der Waals surface area contributed by atoms with Crippen LogP contribution in [-0.4, -0.2) is 32.3 Å². The van der Waals surface area contributed by atoms with Crippen molar-refractivity contribution in [3.8, 4) is 12.1 Å². The van der Waals surface area contributed by atoms with Crippen molar-refractivity contribution in [1.82, 2.24) is 10.9 Å². The van der Waals surface area contributed by atoms with Crippen LogP contribution in [0.15, 0.2) is 36.4 Å². The standard InChI is InChI=1S/C28H36ClN5O3Si/c1-8-9-22-23(15-14-21(17-31)24(22)29)32-25(18(2)37-38(6,7)28(3,4)5)27(36)34-33-26(35)20-12-10-19(16-30)11-13-20/h10-15,18,25,32H,8-9H2,1-7H3,(H,33,35)(H,34,36)/t18-,25+/m0/s1. The molecule has 0 aliphatic carbocycles. The Balaban J connectivity index is 2.36. The minimum Gasteiger partial charge on any atom is -0.412 e. The van der Waals surface area contributed by atoms with Crippen LogP contribution in [0.3, 0.4) is 0 Å². The number of carbonyl (C=O) groups is 2. The van der Waals surface area contributed by atoms with E-state index in [9.17, 15) is 14.9 Å². The fraction of sp³-hybridized carbons (Fsp3) is 0.429. The Morgan fingerprint density at radius 1 is 1.05 bits per heavy atom. The number of nitrogens with one attached hydrogen (secondary N) is 3. The number of benzene rings is 2. The molecule has 2 aromatic carbocycles. The smallest absolute Gasteiger partial charge is 0.269 e. The lowest BCUT2D eigenvalue weighted by molar-refractivity contribution is -0.124. The number of halogens is 1. The topological polar surface area (TPSA) is 127 Å². The summed E-state index contributed by atoms with van der Waals surface area (Å²) in [6.45, 7) is 14.4. The zero-order chi connectivity index (χ0) is 28.7. The van der Waals surface area contributed by atoms with Gasteiger partial charge >= 0.3 is 0 Å². The summed E-state index contributed by atoms with van der Waals surface area (Å²) >= 11 is 6.53. The summed E-state index contributed by atoms with van der Waals surface area (Å²) in [6, 6.07) is 12.6. The second-order valence-electron chi connectivity index (χ2n) is 10.7. The third-order valence-electron chi connectivity index (χ3n) is 6.79. The predicted molar refractivity (Wildman–Crippen MR) is 152 cm³/mol. The molecule has 2 atom stereocenters. The van der Waals surface area contributed by atoms with Crippen molar-refractivity contribution in [2.45, 2.75) is 77.7 Å². The van der Waals surface area contributed by atoms with Gasteiger partial charge in [0.15, 0.2) is 8.32 Å². The molecule has 2 rings (SSSR count). The van der Waals surface area contributed by atoms with Crippen molar-refractivity contribution in [3.63, 3.8) is 0 Å². The Labute approximate surface area is 231 Å². The van der Waals surface area contributed by atoms with Gasteiger partial charge < -0.3 is 9.74 Å². The number of hydrogen-bond acceptors (Lipinski definition) is 6. The number of nitrogens with zero attached hydrogens (tertiary/aromatic N) is 2. The van der Waals surface area contributed by atoms with Crippen LogP contribution >= 0.6 is 11.6 Å². The molecule has 3 N–H and O–H groups in total. The SMILES string of the molecule is CCCc1c(N[C@@H](C(=O)NNC(=O)c2ccc(C#N)cc2)[C@H](C)O[Si](C)(C)C(C)(C)C)ccc(C#N)c1Cl. The van der Waals surface area contributed by atoms with Crippen molar-refractivity contribution >= 4 is 37.4 Å². The van der Waals surface area contributed by atoms with Gasteiger partial charge in [0, 0.05) is 11.3 Å². The average Bonchev–Trinajstić information content (AvgIpc) is 2.86. The molecule has 38 heavy (non-hydrogen) atoms. The largest absolute Gasteiger partial charge is 0.412 e. The van der Waals surface area contributed by atoms with Gasteiger partial charge in [0.25, 0.3) is 11.8 Å². The molecule has 0 radical (unpaired) electrons. The first-order chi connectivity index (χ1) is 17.7. The minimum absolute atomic E-state index is 0.0861. The van der Waals surface area contributed by atoms with Gasteiger partial charge in [-0.15, -0.1) is 0 Å². The fourth-order valence-electron chi connectivity index (χ4n) is 3.57. The molecule has 2 aromatic rings. The van der Waals surface area contributed by atoms with E-state index in [1.807, 2.05) is 19.9 Å². The van der Waals surface area contributed by atoms with Crippen LogP contribution < -0.4 is 16.2 Å². The van der Waals surface area contributed by atoms with Crippen molar-refractivity contribution in [3.05, 3.63) is 63.7 Å². The Morgan fingerprint density at radius 3 is 2.21 bits per heavy atom. The van der Waals surface area contributed by atoms with E-state index in [-0.39, 0.29) is 5.04 Å². The third-order valence-corrected chi connectivity index (χ3v) is 11.8. The summed E-state index contributed by atoms with van der Waals surface area (Å²) in [5.74, 6) is -1.02. The molecule has 0 bridgehead atoms. The fourth-order valence-corrected chi connectivity index (χ4v) is 5.30. The molecule has 0 saturated carbocycles. The highest BCUT2D eigenvalue weighted by Gasteiger charge is 2.41. The summed E-state index contributed by atoms with van der Waals surface area (Å²) in [4.78, 5) is 26.1. The quantitative estimate of drug-likeness (QED) is 0.270. The summed E-state index contributed by atoms with van der Waals surface area (Å²) < 4.78 is 6.54. The second kappa shape index (κ2) is 12.9. The number of hydrazine groups is 1. The van der Waals surface area contributed by atoms with Gasteiger partial charge in [-0.25, -0.2) is 0 Å². The second-order valence-corrected chi connectivity index (χ2v) is 15.8. The lowest BCUT2D eigenvalue weighted by atomic mass is 10.0. The van der Waals surface area contributed by atoms with E-state index in [1.54, 1.807) is 12.1 Å². The van der Waals surface area contributed by atoms with Crippen LogP contribution in [0.5, 0.6) is 0 Å². The van der Waals surface area contributed by atoms with E-state index < -0.39 is 32.3 Å². The van der Waals surface area contributed by atoms with Gasteiger partial charge in [-0.05, 0) is 73.4 Å². The number of carbonyl (C=O) groups excluding carboxylic acids is 2. The molecule has 0 fully saturated rings. The molecular formula is C28H36ClN5O3Si. The first kappa shape index (κ1) is 30.8. The van der Waals surface area contributed by atoms with Gasteiger partial charge in [0.05, 0.1) is 28.3 Å². The lowest BCUT2D eigenvalue weighted by Crippen LogP contribution is -2.55. The van der Waals surface area contributed by atoms with Gasteiger partial charge in [-0.2, -0.15) is 10.5 Å². The molecule has 0 heterocycles. The summed E-state index contributed by atoms with van der Waals surface area (Å²) in [5, 5.41) is 21.9. The van der Waals surface area contributed by atoms with Crippen molar-refractivity contribution in [2.24, 2.45) is 0 Å². The average molecular weight is 554 g/mol. The maximum atomic E-state index is 13.5. The van der Waals surface area contributed by atoms with E-state index in [2.05, 4.69) is 56.1 Å². The number of rotatable bonds is 9. The van der Waals surface area contributed by atoms with Crippen LogP contribution in [0.2, 0.25) is 23.2 Å². The zero-order valence-corrected chi connectivity index (χ0v) is 24.8. The van der Waals surface area contributed by atoms with Crippen LogP contribution in [0.25, 0.3) is 0 Å². The van der Waals surface area contributed by atoms with Crippen LogP contribution in [0, 0.1) is 22.7 Å². The third kappa shape index (κ3) is 7.58. The maximum absolute atomic E-state index is 13.5. The summed E-state index contributed by atoms with van der Waals surface area (Å²) in [7, 11) is -2.26. The molecule has 0 aliphatic rings. The molecule has 0 unspecified atom stereocenters.